The number of imidazole rings is 1. The number of hydrogen-bond donors (Lipinski definition) is 6. The topological polar surface area (TPSA) is 280 Å². The number of aromatic amines is 1. The van der Waals surface area contributed by atoms with Crippen molar-refractivity contribution in [2.75, 3.05) is 57.7 Å². The second-order valence-electron chi connectivity index (χ2n) is 18.0. The number of nitrogens with two attached hydrogens (primary N) is 1. The number of benzene rings is 4. The molecule has 0 radical (unpaired) electrons. The second kappa shape index (κ2) is 29.6. The monoisotopic (exact) mass is 1100 g/mol. The second-order valence-corrected chi connectivity index (χ2v) is 22.7. The number of nitrogens with one attached hydrogen (secondary N) is 5. The van der Waals surface area contributed by atoms with E-state index in [9.17, 15) is 24.0 Å². The predicted octanol–water partition coefficient (Wildman–Crippen LogP) is 5.40. The molecule has 412 valence electrons. The van der Waals surface area contributed by atoms with Crippen LogP contribution in [0.5, 0.6) is 0 Å². The predicted molar refractivity (Wildman–Crippen MR) is 294 cm³/mol. The smallest absolute Gasteiger partial charge is 0.323 e. The van der Waals surface area contributed by atoms with Gasteiger partial charge < -0.3 is 29.2 Å². The van der Waals surface area contributed by atoms with E-state index in [0.717, 1.165) is 22.3 Å². The van der Waals surface area contributed by atoms with E-state index >= 15 is 9.13 Å². The summed E-state index contributed by atoms with van der Waals surface area (Å²) < 4.78 is 56.2. The third-order valence-electron chi connectivity index (χ3n) is 12.2. The lowest BCUT2D eigenvalue weighted by atomic mass is 10.1. The lowest BCUT2D eigenvalue weighted by molar-refractivity contribution is -0.146. The fraction of sp³-hybridized carbons (Fsp3) is 0.389. The molecule has 77 heavy (non-hydrogen) atoms. The van der Waals surface area contributed by atoms with Crippen LogP contribution in [-0.4, -0.2) is 124 Å². The molecule has 0 aliphatic heterocycles. The Labute approximate surface area is 448 Å². The lowest BCUT2D eigenvalue weighted by Gasteiger charge is -2.35. The van der Waals surface area contributed by atoms with Crippen LogP contribution in [0.2, 0.25) is 0 Å². The van der Waals surface area contributed by atoms with Gasteiger partial charge in [0.15, 0.2) is 11.2 Å². The number of nitrogen functional groups attached to an aromatic ring is 1. The fourth-order valence-corrected chi connectivity index (χ4v) is 13.4. The third kappa shape index (κ3) is 18.4. The summed E-state index contributed by atoms with van der Waals surface area (Å²) in [5, 5.41) is 12.5. The molecule has 0 aliphatic carbocycles. The van der Waals surface area contributed by atoms with Crippen molar-refractivity contribution in [2.45, 2.75) is 84.1 Å². The van der Waals surface area contributed by atoms with E-state index in [1.807, 2.05) is 121 Å². The summed E-state index contributed by atoms with van der Waals surface area (Å²) in [6.07, 6.45) is 0.813. The van der Waals surface area contributed by atoms with Gasteiger partial charge in [-0.1, -0.05) is 121 Å². The van der Waals surface area contributed by atoms with Gasteiger partial charge in [-0.15, -0.1) is 0 Å². The molecule has 2 heterocycles. The molecular weight excluding hydrogens is 1030 g/mol. The average Bonchev–Trinajstić information content (AvgIpc) is 3.85. The minimum Gasteiger partial charge on any atom is -0.465 e. The Morgan fingerprint density at radius 2 is 0.922 bits per heavy atom. The Bertz CT molecular complexity index is 2850. The molecule has 0 saturated carbocycles. The van der Waals surface area contributed by atoms with Crippen molar-refractivity contribution >= 4 is 55.9 Å². The zero-order chi connectivity index (χ0) is 55.2. The molecule has 21 nitrogen and oxygen atoms in total. The van der Waals surface area contributed by atoms with E-state index in [2.05, 4.69) is 35.3 Å². The summed E-state index contributed by atoms with van der Waals surface area (Å²) in [5.41, 5.74) is 8.49. The summed E-state index contributed by atoms with van der Waals surface area (Å²) in [6.45, 7) is 6.54. The Morgan fingerprint density at radius 1 is 0.571 bits per heavy atom. The zero-order valence-electron chi connectivity index (χ0n) is 43.9. The number of anilines is 1. The van der Waals surface area contributed by atoms with Crippen LogP contribution in [0, 0.1) is 0 Å². The fourth-order valence-electron chi connectivity index (χ4n) is 8.59. The van der Waals surface area contributed by atoms with Crippen LogP contribution in [0.4, 0.5) is 5.95 Å². The third-order valence-corrected chi connectivity index (χ3v) is 16.7. The van der Waals surface area contributed by atoms with Gasteiger partial charge in [-0.05, 0) is 75.6 Å². The lowest BCUT2D eigenvalue weighted by Crippen LogP contribution is -2.49. The average molecular weight is 1100 g/mol. The molecule has 0 saturated heterocycles. The van der Waals surface area contributed by atoms with Crippen LogP contribution < -0.4 is 31.6 Å². The first-order chi connectivity index (χ1) is 37.1. The Morgan fingerprint density at radius 3 is 1.27 bits per heavy atom. The summed E-state index contributed by atoms with van der Waals surface area (Å²) >= 11 is 0. The summed E-state index contributed by atoms with van der Waals surface area (Å²) in [6, 6.07) is 31.5. The van der Waals surface area contributed by atoms with Gasteiger partial charge in [0.25, 0.3) is 5.56 Å². The molecule has 6 rings (SSSR count). The molecule has 23 heteroatoms. The van der Waals surface area contributed by atoms with E-state index in [0.29, 0.717) is 0 Å². The number of H-pyrrole nitrogens is 1. The normalized spacial score (nSPS) is 13.4. The number of nitrogens with zero attached hydrogens (tertiary/aromatic N) is 4. The maximum atomic E-state index is 16.3. The maximum absolute atomic E-state index is 16.3. The number of rotatable bonds is 32. The molecular formula is C54H70N10O11P2. The Hall–Kier alpha value is -6.83. The van der Waals surface area contributed by atoms with Crippen LogP contribution in [0.15, 0.2) is 132 Å². The van der Waals surface area contributed by atoms with E-state index in [1.54, 1.807) is 37.2 Å². The van der Waals surface area contributed by atoms with Crippen molar-refractivity contribution in [1.29, 1.82) is 0 Å². The number of aromatic nitrogens is 4. The minimum absolute atomic E-state index is 0.0127. The molecule has 7 N–H and O–H groups in total. The molecule has 0 unspecified atom stereocenters. The maximum Gasteiger partial charge on any atom is 0.323 e. The van der Waals surface area contributed by atoms with Gasteiger partial charge in [0.2, 0.25) is 20.8 Å². The zero-order valence-corrected chi connectivity index (χ0v) is 45.7. The molecule has 0 aliphatic rings. The molecule has 0 spiro atoms. The van der Waals surface area contributed by atoms with Crippen LogP contribution in [0.25, 0.3) is 11.2 Å². The van der Waals surface area contributed by atoms with Gasteiger partial charge in [-0.2, -0.15) is 4.98 Å². The molecule has 6 aromatic rings. The largest absolute Gasteiger partial charge is 0.465 e. The number of carbonyl (C=O) groups excluding carboxylic acids is 4. The van der Waals surface area contributed by atoms with Gasteiger partial charge in [0, 0.05) is 25.8 Å². The van der Waals surface area contributed by atoms with Crippen LogP contribution in [-0.2, 0) is 79.5 Å². The molecule has 4 aromatic carbocycles. The van der Waals surface area contributed by atoms with E-state index in [4.69, 9.17) is 24.7 Å². The van der Waals surface area contributed by atoms with Crippen molar-refractivity contribution < 1.29 is 47.3 Å². The van der Waals surface area contributed by atoms with Gasteiger partial charge in [-0.25, -0.2) is 25.3 Å². The highest BCUT2D eigenvalue weighted by Gasteiger charge is 2.40. The Balaban J connectivity index is 1.47. The highest BCUT2D eigenvalue weighted by Crippen LogP contribution is 2.42. The SMILES string of the molecule is CCOC(=O)[C@H](Cc1ccccc1)NP(=O)(CCN(CCn1cnc2c(=O)[nH]c(N)nc21)CP(=O)(N[C@@H](Cc1ccccc1)C(=O)OCC)N[C@@H](Cc1ccccc1)C(=O)OCC)N[C@@H](Cc1ccccc1)C(=O)OCC. The quantitative estimate of drug-likeness (QED) is 0.0175. The molecule has 0 amide bonds. The standard InChI is InChI=1S/C54H70N10O11P2/c1-5-72-50(66)43(33-39-21-13-9-14-22-39)59-76(70,60-44(51(67)73-6-2)34-40-23-15-10-16-24-40)32-31-63(29-30-64-37-56-47-48(64)57-54(55)58-49(47)65)38-77(71,61-45(52(68)74-7-3)35-41-25-17-11-18-26-41)62-46(53(69)75-8-4)36-42-27-19-12-20-28-42/h9-28,37,43-46H,5-8,29-36,38H2,1-4H3,(H2,59,60,70)(H2,61,62,71)(H3,55,57,58,65)/t43-,44-,45-,46-/m0/s1. The van der Waals surface area contributed by atoms with Gasteiger partial charge >= 0.3 is 23.9 Å². The molecule has 4 atom stereocenters. The highest BCUT2D eigenvalue weighted by atomic mass is 31.2. The van der Waals surface area contributed by atoms with E-state index in [1.165, 1.54) is 6.33 Å². The number of esters is 4. The van der Waals surface area contributed by atoms with Crippen LogP contribution >= 0.6 is 14.9 Å². The summed E-state index contributed by atoms with van der Waals surface area (Å²) in [7, 11) is -8.56. The molecule has 0 bridgehead atoms. The first-order valence-electron chi connectivity index (χ1n) is 25.7. The molecule has 0 fully saturated rings. The highest BCUT2D eigenvalue weighted by molar-refractivity contribution is 7.60. The van der Waals surface area contributed by atoms with Crippen LogP contribution in [0.1, 0.15) is 49.9 Å². The summed E-state index contributed by atoms with van der Waals surface area (Å²) in [5.74, 6) is -2.94. The van der Waals surface area contributed by atoms with E-state index in [-0.39, 0.29) is 95.0 Å². The Kier molecular flexibility index (Phi) is 22.9. The van der Waals surface area contributed by atoms with Gasteiger partial charge in [0.05, 0.1) is 39.0 Å². The first kappa shape index (κ1) is 59.4. The van der Waals surface area contributed by atoms with E-state index < -0.39 is 74.8 Å². The number of fused-ring (bicyclic) bond motifs is 1. The van der Waals surface area contributed by atoms with Gasteiger partial charge in [0.1, 0.15) is 24.2 Å². The van der Waals surface area contributed by atoms with Crippen molar-refractivity contribution in [3.63, 3.8) is 0 Å². The number of hydrogen-bond acceptors (Lipinski definition) is 15. The summed E-state index contributed by atoms with van der Waals surface area (Å²) in [4.78, 5) is 81.5. The van der Waals surface area contributed by atoms with Crippen molar-refractivity contribution in [3.8, 4) is 0 Å². The first-order valence-corrected chi connectivity index (χ1v) is 29.5. The van der Waals surface area contributed by atoms with Crippen molar-refractivity contribution in [1.82, 2.24) is 44.8 Å². The van der Waals surface area contributed by atoms with Crippen molar-refractivity contribution in [2.24, 2.45) is 0 Å². The number of carbonyl (C=O) groups is 4. The van der Waals surface area contributed by atoms with Gasteiger partial charge in [-0.3, -0.25) is 43.0 Å². The molecule has 2 aromatic heterocycles. The van der Waals surface area contributed by atoms with Crippen molar-refractivity contribution in [3.05, 3.63) is 160 Å². The van der Waals surface area contributed by atoms with Crippen LogP contribution in [0.3, 0.4) is 0 Å². The number of ether oxygens (including phenoxy) is 4. The minimum atomic E-state index is -4.34.